The van der Waals surface area contributed by atoms with Gasteiger partial charge >= 0.3 is 0 Å². The number of hydrogen-bond donors (Lipinski definition) is 1. The lowest BCUT2D eigenvalue weighted by Crippen LogP contribution is -2.27. The maximum absolute atomic E-state index is 11.8. The summed E-state index contributed by atoms with van der Waals surface area (Å²) in [5.41, 5.74) is 1.98. The Morgan fingerprint density at radius 1 is 1.42 bits per heavy atom. The van der Waals surface area contributed by atoms with Crippen molar-refractivity contribution in [3.63, 3.8) is 0 Å². The van der Waals surface area contributed by atoms with E-state index in [4.69, 9.17) is 0 Å². The van der Waals surface area contributed by atoms with E-state index in [0.717, 1.165) is 16.3 Å². The maximum Gasteiger partial charge on any atom is 0.221 e. The molecule has 0 spiro atoms. The first kappa shape index (κ1) is 16.2. The van der Waals surface area contributed by atoms with Crippen LogP contribution in [0.5, 0.6) is 0 Å². The highest BCUT2D eigenvalue weighted by molar-refractivity contribution is 7.13. The molecule has 1 amide bonds. The second-order valence-corrected chi connectivity index (χ2v) is 6.04. The van der Waals surface area contributed by atoms with Crippen molar-refractivity contribution in [1.82, 2.24) is 35.5 Å². The Morgan fingerprint density at radius 2 is 2.33 bits per heavy atom. The average molecular weight is 343 g/mol. The summed E-state index contributed by atoms with van der Waals surface area (Å²) in [5, 5.41) is 17.0. The van der Waals surface area contributed by atoms with Crippen LogP contribution in [0.25, 0.3) is 10.6 Å². The van der Waals surface area contributed by atoms with Crippen LogP contribution in [0.2, 0.25) is 0 Å². The summed E-state index contributed by atoms with van der Waals surface area (Å²) in [6.07, 6.45) is 4.59. The highest BCUT2D eigenvalue weighted by Crippen LogP contribution is 2.22. The van der Waals surface area contributed by atoms with Gasteiger partial charge in [0.1, 0.15) is 10.8 Å². The van der Waals surface area contributed by atoms with E-state index in [0.29, 0.717) is 31.8 Å². The molecule has 0 fully saturated rings. The van der Waals surface area contributed by atoms with Crippen molar-refractivity contribution < 1.29 is 4.79 Å². The first-order valence-electron chi connectivity index (χ1n) is 7.56. The molecule has 0 atom stereocenters. The highest BCUT2D eigenvalue weighted by Gasteiger charge is 2.07. The second-order valence-electron chi connectivity index (χ2n) is 5.18. The molecule has 0 bridgehead atoms. The van der Waals surface area contributed by atoms with Crippen LogP contribution in [0.4, 0.5) is 0 Å². The van der Waals surface area contributed by atoms with Gasteiger partial charge in [0.15, 0.2) is 0 Å². The minimum atomic E-state index is -0.0207. The standard InChI is InChI=1S/C15H17N7OS/c1-11-19-20-21-22(11)8-5-14(23)17-7-4-13-10-24-15(18-13)12-3-2-6-16-9-12/h2-3,6,9-10H,4-5,7-8H2,1H3,(H,17,23). The normalized spacial score (nSPS) is 10.7. The van der Waals surface area contributed by atoms with Crippen molar-refractivity contribution in [3.05, 3.63) is 41.4 Å². The molecular weight excluding hydrogens is 326 g/mol. The molecule has 3 rings (SSSR count). The van der Waals surface area contributed by atoms with Crippen LogP contribution in [0, 0.1) is 6.92 Å². The maximum atomic E-state index is 11.8. The molecular formula is C15H17N7OS. The van der Waals surface area contributed by atoms with Crippen molar-refractivity contribution in [1.29, 1.82) is 0 Å². The van der Waals surface area contributed by atoms with E-state index in [1.165, 1.54) is 0 Å². The van der Waals surface area contributed by atoms with E-state index >= 15 is 0 Å². The molecule has 3 aromatic heterocycles. The van der Waals surface area contributed by atoms with Gasteiger partial charge in [-0.2, -0.15) is 0 Å². The minimum Gasteiger partial charge on any atom is -0.356 e. The summed E-state index contributed by atoms with van der Waals surface area (Å²) in [6.45, 7) is 2.84. The van der Waals surface area contributed by atoms with Gasteiger partial charge in [0.2, 0.25) is 5.91 Å². The summed E-state index contributed by atoms with van der Waals surface area (Å²) in [4.78, 5) is 20.5. The SMILES string of the molecule is Cc1nnnn1CCC(=O)NCCc1csc(-c2cccnc2)n1. The summed E-state index contributed by atoms with van der Waals surface area (Å²) in [5.74, 6) is 0.681. The molecule has 0 unspecified atom stereocenters. The van der Waals surface area contributed by atoms with Gasteiger partial charge in [0, 0.05) is 42.7 Å². The van der Waals surface area contributed by atoms with Gasteiger partial charge in [0.05, 0.1) is 12.2 Å². The number of tetrazole rings is 1. The van der Waals surface area contributed by atoms with E-state index in [2.05, 4.69) is 30.8 Å². The minimum absolute atomic E-state index is 0.0207. The summed E-state index contributed by atoms with van der Waals surface area (Å²) in [7, 11) is 0. The number of aryl methyl sites for hydroxylation is 2. The number of nitrogens with one attached hydrogen (secondary N) is 1. The van der Waals surface area contributed by atoms with Crippen LogP contribution in [-0.2, 0) is 17.8 Å². The highest BCUT2D eigenvalue weighted by atomic mass is 32.1. The molecule has 0 aliphatic carbocycles. The smallest absolute Gasteiger partial charge is 0.221 e. The fraction of sp³-hybridized carbons (Fsp3) is 0.333. The zero-order valence-corrected chi connectivity index (χ0v) is 14.0. The molecule has 0 aliphatic heterocycles. The van der Waals surface area contributed by atoms with Gasteiger partial charge in [-0.15, -0.1) is 16.4 Å². The molecule has 3 aromatic rings. The van der Waals surface area contributed by atoms with Crippen molar-refractivity contribution in [2.24, 2.45) is 0 Å². The van der Waals surface area contributed by atoms with E-state index in [9.17, 15) is 4.79 Å². The molecule has 0 saturated heterocycles. The van der Waals surface area contributed by atoms with Gasteiger partial charge < -0.3 is 5.32 Å². The first-order valence-corrected chi connectivity index (χ1v) is 8.44. The van der Waals surface area contributed by atoms with Gasteiger partial charge in [-0.3, -0.25) is 9.78 Å². The summed E-state index contributed by atoms with van der Waals surface area (Å²) >= 11 is 1.58. The third-order valence-electron chi connectivity index (χ3n) is 3.43. The Balaban J connectivity index is 1.42. The number of rotatable bonds is 7. The fourth-order valence-corrected chi connectivity index (χ4v) is 2.97. The van der Waals surface area contributed by atoms with Crippen LogP contribution < -0.4 is 5.32 Å². The largest absolute Gasteiger partial charge is 0.356 e. The Hall–Kier alpha value is -2.68. The topological polar surface area (TPSA) is 98.5 Å². The Bertz CT molecular complexity index is 799. The van der Waals surface area contributed by atoms with Crippen LogP contribution in [0.1, 0.15) is 17.9 Å². The van der Waals surface area contributed by atoms with Crippen molar-refractivity contribution in [2.45, 2.75) is 26.3 Å². The fourth-order valence-electron chi connectivity index (χ4n) is 2.13. The Labute approximate surface area is 143 Å². The molecule has 8 nitrogen and oxygen atoms in total. The van der Waals surface area contributed by atoms with Crippen molar-refractivity contribution >= 4 is 17.2 Å². The number of amides is 1. The third-order valence-corrected chi connectivity index (χ3v) is 4.37. The van der Waals surface area contributed by atoms with Crippen LogP contribution in [0.3, 0.4) is 0 Å². The van der Waals surface area contributed by atoms with E-state index < -0.39 is 0 Å². The number of thiazole rings is 1. The van der Waals surface area contributed by atoms with Crippen molar-refractivity contribution in [3.8, 4) is 10.6 Å². The van der Waals surface area contributed by atoms with Gasteiger partial charge in [-0.05, 0) is 29.5 Å². The average Bonchev–Trinajstić information content (AvgIpc) is 3.23. The van der Waals surface area contributed by atoms with Crippen molar-refractivity contribution in [2.75, 3.05) is 6.54 Å². The lowest BCUT2D eigenvalue weighted by molar-refractivity contribution is -0.121. The van der Waals surface area contributed by atoms with Gasteiger partial charge in [-0.25, -0.2) is 9.67 Å². The van der Waals surface area contributed by atoms with E-state index in [-0.39, 0.29) is 5.91 Å². The van der Waals surface area contributed by atoms with Gasteiger partial charge in [-0.1, -0.05) is 0 Å². The van der Waals surface area contributed by atoms with Crippen LogP contribution >= 0.6 is 11.3 Å². The lowest BCUT2D eigenvalue weighted by atomic mass is 10.3. The lowest BCUT2D eigenvalue weighted by Gasteiger charge is -2.04. The summed E-state index contributed by atoms with van der Waals surface area (Å²) < 4.78 is 1.61. The number of nitrogens with zero attached hydrogens (tertiary/aromatic N) is 6. The predicted molar refractivity (Wildman–Crippen MR) is 89.2 cm³/mol. The molecule has 0 radical (unpaired) electrons. The monoisotopic (exact) mass is 343 g/mol. The number of carbonyl (C=O) groups is 1. The van der Waals surface area contributed by atoms with Crippen LogP contribution in [-0.4, -0.2) is 42.6 Å². The van der Waals surface area contributed by atoms with Crippen LogP contribution in [0.15, 0.2) is 29.9 Å². The molecule has 9 heteroatoms. The molecule has 1 N–H and O–H groups in total. The molecule has 0 aliphatic rings. The van der Waals surface area contributed by atoms with E-state index in [1.54, 1.807) is 35.3 Å². The zero-order chi connectivity index (χ0) is 16.8. The zero-order valence-electron chi connectivity index (χ0n) is 13.2. The number of aromatic nitrogens is 6. The Morgan fingerprint density at radius 3 is 3.08 bits per heavy atom. The predicted octanol–water partition coefficient (Wildman–Crippen LogP) is 1.25. The summed E-state index contributed by atoms with van der Waals surface area (Å²) in [6, 6.07) is 3.88. The van der Waals surface area contributed by atoms with E-state index in [1.807, 2.05) is 17.5 Å². The molecule has 124 valence electrons. The quantitative estimate of drug-likeness (QED) is 0.693. The number of carbonyl (C=O) groups excluding carboxylic acids is 1. The second kappa shape index (κ2) is 7.73. The van der Waals surface area contributed by atoms with Gasteiger partial charge in [0.25, 0.3) is 0 Å². The molecule has 24 heavy (non-hydrogen) atoms. The Kier molecular flexibility index (Phi) is 5.22. The number of pyridine rings is 1. The third kappa shape index (κ3) is 4.19. The molecule has 3 heterocycles. The first-order chi connectivity index (χ1) is 11.7. The molecule has 0 saturated carbocycles. The number of hydrogen-bond acceptors (Lipinski definition) is 7. The molecule has 0 aromatic carbocycles.